The van der Waals surface area contributed by atoms with Gasteiger partial charge in [-0.3, -0.25) is 9.69 Å². The summed E-state index contributed by atoms with van der Waals surface area (Å²) >= 11 is 0. The van der Waals surface area contributed by atoms with Crippen LogP contribution in [0.5, 0.6) is 0 Å². The molecule has 0 bridgehead atoms. The van der Waals surface area contributed by atoms with E-state index in [1.54, 1.807) is 4.90 Å². The molecule has 0 radical (unpaired) electrons. The Balaban J connectivity index is 1.58. The first-order valence-electron chi connectivity index (χ1n) is 15.1. The van der Waals surface area contributed by atoms with Gasteiger partial charge in [-0.25, -0.2) is 4.79 Å². The molecule has 17 heteroatoms. The maximum Gasteiger partial charge on any atom is 0.410 e. The molecule has 1 heterocycles. The number of aliphatic hydroxyl groups is 1. The van der Waals surface area contributed by atoms with Gasteiger partial charge < -0.3 is 24.1 Å². The van der Waals surface area contributed by atoms with Crippen molar-refractivity contribution in [3.63, 3.8) is 0 Å². The van der Waals surface area contributed by atoms with E-state index in [-0.39, 0.29) is 19.6 Å². The molecule has 0 aromatic heterocycles. The first-order valence-corrected chi connectivity index (χ1v) is 15.1. The smallest absolute Gasteiger partial charge is 0.410 e. The van der Waals surface area contributed by atoms with Crippen molar-refractivity contribution >= 4 is 12.1 Å². The highest BCUT2D eigenvalue weighted by atomic mass is 16.7. The Labute approximate surface area is 270 Å². The third-order valence-corrected chi connectivity index (χ3v) is 8.14. The fourth-order valence-electron chi connectivity index (χ4n) is 5.80. The Morgan fingerprint density at radius 2 is 1.49 bits per heavy atom. The zero-order chi connectivity index (χ0) is 33.8. The number of aliphatic hydroxyl groups excluding tert-OH is 1. The molecule has 2 aromatic carbocycles. The molecule has 2 aromatic rings. The van der Waals surface area contributed by atoms with E-state index in [0.29, 0.717) is 12.8 Å². The van der Waals surface area contributed by atoms with Crippen LogP contribution in [-0.2, 0) is 36.9 Å². The van der Waals surface area contributed by atoms with Crippen molar-refractivity contribution in [1.29, 1.82) is 0 Å². The summed E-state index contributed by atoms with van der Waals surface area (Å²) in [5, 5.41) is 22.5. The van der Waals surface area contributed by atoms with E-state index in [9.17, 15) is 25.8 Å². The highest BCUT2D eigenvalue weighted by Crippen LogP contribution is 2.35. The summed E-state index contributed by atoms with van der Waals surface area (Å²) in [4.78, 5) is 35.4. The Morgan fingerprint density at radius 3 is 2.09 bits per heavy atom. The quantitative estimate of drug-likeness (QED) is 0.127. The molecule has 2 fully saturated rings. The highest BCUT2D eigenvalue weighted by molar-refractivity contribution is 5.68. The van der Waals surface area contributed by atoms with Gasteiger partial charge in [-0.2, -0.15) is 0 Å². The van der Waals surface area contributed by atoms with E-state index < -0.39 is 66.9 Å². The van der Waals surface area contributed by atoms with Gasteiger partial charge in [0.2, 0.25) is 0 Å². The third kappa shape index (κ3) is 9.27. The molecule has 1 aliphatic carbocycles. The van der Waals surface area contributed by atoms with Crippen molar-refractivity contribution in [3.8, 4) is 0 Å². The van der Waals surface area contributed by atoms with Crippen LogP contribution in [0.25, 0.3) is 31.3 Å². The first-order chi connectivity index (χ1) is 22.7. The second-order valence-electron chi connectivity index (χ2n) is 11.2. The van der Waals surface area contributed by atoms with Gasteiger partial charge in [0.1, 0.15) is 18.8 Å². The molecule has 1 unspecified atom stereocenters. The number of carbonyl (C=O) groups is 2. The van der Waals surface area contributed by atoms with Gasteiger partial charge in [-0.05, 0) is 53.9 Å². The number of carbonyl (C=O) groups excluding carboxylic acids is 2. The lowest BCUT2D eigenvalue weighted by Crippen LogP contribution is -2.59. The number of azide groups is 3. The standard InChI is InChI=1S/C30H36N10O7/c1-18(40(16-20-9-5-3-6-10-20)30(43)44-17-21-11-7-4-8-12-21)25-14-13-22(34-37-31)29(46-25)47-28-24(36-39-33)15-23(35-38-32)27(26(28)42)45-19(2)41/h3-12,18,22-29,42H,13-17H2,1-2H3/t18-,22?,23-,24+,25+,26-,27+,28-,29-/m1/s1. The van der Waals surface area contributed by atoms with Crippen LogP contribution < -0.4 is 0 Å². The van der Waals surface area contributed by atoms with Gasteiger partial charge in [-0.15, -0.1) is 0 Å². The van der Waals surface area contributed by atoms with Gasteiger partial charge >= 0.3 is 12.1 Å². The van der Waals surface area contributed by atoms with Crippen LogP contribution in [0, 0.1) is 0 Å². The summed E-state index contributed by atoms with van der Waals surface area (Å²) in [7, 11) is 0. The second kappa shape index (κ2) is 17.1. The molecule has 9 atom stereocenters. The van der Waals surface area contributed by atoms with Gasteiger partial charge in [0.25, 0.3) is 0 Å². The lowest BCUT2D eigenvalue weighted by Gasteiger charge is -2.45. The average Bonchev–Trinajstić information content (AvgIpc) is 3.07. The molecule has 0 spiro atoms. The fourth-order valence-corrected chi connectivity index (χ4v) is 5.80. The molecule has 4 rings (SSSR count). The Morgan fingerprint density at radius 1 is 0.915 bits per heavy atom. The van der Waals surface area contributed by atoms with Crippen molar-refractivity contribution < 1.29 is 33.6 Å². The number of hydrogen-bond donors (Lipinski definition) is 1. The Kier molecular flexibility index (Phi) is 12.7. The Hall–Kier alpha value is -5.01. The zero-order valence-corrected chi connectivity index (χ0v) is 25.9. The highest BCUT2D eigenvalue weighted by Gasteiger charge is 2.49. The largest absolute Gasteiger partial charge is 0.459 e. The van der Waals surface area contributed by atoms with Crippen molar-refractivity contribution in [1.82, 2.24) is 4.90 Å². The predicted octanol–water partition coefficient (Wildman–Crippen LogP) is 5.84. The molecule has 2 aliphatic rings. The number of amides is 1. The summed E-state index contributed by atoms with van der Waals surface area (Å²) in [6, 6.07) is 15.1. The lowest BCUT2D eigenvalue weighted by atomic mass is 9.84. The minimum Gasteiger partial charge on any atom is -0.459 e. The average molecular weight is 649 g/mol. The molecule has 1 saturated carbocycles. The molecule has 1 amide bonds. The summed E-state index contributed by atoms with van der Waals surface area (Å²) in [5.74, 6) is -0.736. The van der Waals surface area contributed by atoms with Crippen LogP contribution in [-0.4, -0.2) is 76.9 Å². The zero-order valence-electron chi connectivity index (χ0n) is 25.9. The number of rotatable bonds is 12. The Bertz CT molecular complexity index is 1500. The monoisotopic (exact) mass is 648 g/mol. The molecule has 1 N–H and O–H groups in total. The van der Waals surface area contributed by atoms with Gasteiger partial charge in [0.15, 0.2) is 6.29 Å². The number of ether oxygens (including phenoxy) is 4. The number of benzene rings is 2. The van der Waals surface area contributed by atoms with Crippen molar-refractivity contribution in [2.24, 2.45) is 15.3 Å². The summed E-state index contributed by atoms with van der Waals surface area (Å²) in [6.45, 7) is 3.22. The van der Waals surface area contributed by atoms with E-state index in [1.165, 1.54) is 0 Å². The predicted molar refractivity (Wildman–Crippen MR) is 166 cm³/mol. The lowest BCUT2D eigenvalue weighted by molar-refractivity contribution is -0.260. The van der Waals surface area contributed by atoms with E-state index in [4.69, 9.17) is 24.5 Å². The van der Waals surface area contributed by atoms with E-state index >= 15 is 0 Å². The SMILES string of the molecule is CC(=O)O[C@@H]1[C@@H](O)[C@H](O[C@H]2O[C@H]([C@@H](C)N(Cc3ccccc3)C(=O)OCc3ccccc3)CCC2N=[N+]=[N-])[C@@H](N=[N+]=[N-])C[C@H]1N=[N+]=[N-]. The van der Waals surface area contributed by atoms with Gasteiger partial charge in [0, 0.05) is 28.2 Å². The first kappa shape index (κ1) is 34.9. The van der Waals surface area contributed by atoms with Crippen LogP contribution in [0.4, 0.5) is 4.79 Å². The minimum absolute atomic E-state index is 0.0641. The number of hydrogen-bond acceptors (Lipinski definition) is 10. The fraction of sp³-hybridized carbons (Fsp3) is 0.533. The van der Waals surface area contributed by atoms with E-state index in [2.05, 4.69) is 30.1 Å². The maximum atomic E-state index is 13.5. The molecule has 248 valence electrons. The summed E-state index contributed by atoms with van der Waals surface area (Å²) in [6.07, 6.45) is -6.10. The topological polar surface area (TPSA) is 241 Å². The van der Waals surface area contributed by atoms with Crippen LogP contribution in [0.15, 0.2) is 76.0 Å². The van der Waals surface area contributed by atoms with Gasteiger partial charge in [-0.1, -0.05) is 76.0 Å². The number of nitrogens with zero attached hydrogens (tertiary/aromatic N) is 10. The summed E-state index contributed by atoms with van der Waals surface area (Å²) in [5.41, 5.74) is 29.2. The van der Waals surface area contributed by atoms with Crippen LogP contribution in [0.3, 0.4) is 0 Å². The molecular weight excluding hydrogens is 612 g/mol. The second-order valence-corrected chi connectivity index (χ2v) is 11.2. The van der Waals surface area contributed by atoms with Crippen molar-refractivity contribution in [3.05, 3.63) is 103 Å². The van der Waals surface area contributed by atoms with Crippen LogP contribution >= 0.6 is 0 Å². The van der Waals surface area contributed by atoms with Crippen molar-refractivity contribution in [2.75, 3.05) is 0 Å². The number of esters is 1. The molecule has 17 nitrogen and oxygen atoms in total. The van der Waals surface area contributed by atoms with Gasteiger partial charge in [0.05, 0.1) is 36.4 Å². The van der Waals surface area contributed by atoms with Crippen molar-refractivity contribution in [2.45, 2.75) is 101 Å². The molecule has 1 aliphatic heterocycles. The van der Waals surface area contributed by atoms with E-state index in [1.807, 2.05) is 67.6 Å². The normalized spacial score (nSPS) is 27.5. The summed E-state index contributed by atoms with van der Waals surface area (Å²) < 4.78 is 23.5. The van der Waals surface area contributed by atoms with E-state index in [0.717, 1.165) is 18.1 Å². The minimum atomic E-state index is -1.60. The van der Waals surface area contributed by atoms with Crippen LogP contribution in [0.2, 0.25) is 0 Å². The third-order valence-electron chi connectivity index (χ3n) is 8.14. The maximum absolute atomic E-state index is 13.5. The molecule has 1 saturated heterocycles. The molecule has 47 heavy (non-hydrogen) atoms. The molecular formula is C30H36N10O7. The van der Waals surface area contributed by atoms with Crippen LogP contribution in [0.1, 0.15) is 44.2 Å².